The lowest BCUT2D eigenvalue weighted by Crippen LogP contribution is -2.42. The minimum Gasteiger partial charge on any atom is -0.496 e. The highest BCUT2D eigenvalue weighted by molar-refractivity contribution is 5.97. The number of nitrogens with one attached hydrogen (secondary N) is 1. The van der Waals surface area contributed by atoms with Crippen molar-refractivity contribution in [2.75, 3.05) is 20.2 Å². The third-order valence-electron chi connectivity index (χ3n) is 3.88. The average molecular weight is 306 g/mol. The fourth-order valence-corrected chi connectivity index (χ4v) is 2.71. The van der Waals surface area contributed by atoms with Gasteiger partial charge >= 0.3 is 0 Å². The van der Waals surface area contributed by atoms with Crippen LogP contribution in [0.25, 0.3) is 0 Å². The summed E-state index contributed by atoms with van der Waals surface area (Å²) in [6.45, 7) is 2.36. The number of para-hydroxylation sites is 1. The number of amides is 2. The van der Waals surface area contributed by atoms with Gasteiger partial charge in [0.15, 0.2) is 0 Å². The molecule has 2 atom stereocenters. The van der Waals surface area contributed by atoms with Gasteiger partial charge in [-0.1, -0.05) is 12.1 Å². The zero-order chi connectivity index (χ0) is 16.1. The fraction of sp³-hybridized carbons (Fsp3) is 0.500. The Bertz CT molecular complexity index is 547. The summed E-state index contributed by atoms with van der Waals surface area (Å²) >= 11 is 0. The predicted octanol–water partition coefficient (Wildman–Crippen LogP) is 0.797. The summed E-state index contributed by atoms with van der Waals surface area (Å²) in [5, 5.41) is 12.8. The molecular weight excluding hydrogens is 284 g/mol. The number of carbonyl (C=O) groups is 2. The molecule has 6 nitrogen and oxygen atoms in total. The van der Waals surface area contributed by atoms with E-state index in [0.717, 1.165) is 0 Å². The number of ether oxygens (including phenoxy) is 1. The molecule has 1 aromatic carbocycles. The summed E-state index contributed by atoms with van der Waals surface area (Å²) in [5.41, 5.74) is 0.512. The normalized spacial score (nSPS) is 21.9. The molecule has 2 N–H and O–H groups in total. The Morgan fingerprint density at radius 1 is 1.27 bits per heavy atom. The summed E-state index contributed by atoms with van der Waals surface area (Å²) in [4.78, 5) is 25.5. The molecule has 1 fully saturated rings. The molecule has 6 heteroatoms. The van der Waals surface area contributed by atoms with Crippen LogP contribution in [-0.2, 0) is 4.79 Å². The van der Waals surface area contributed by atoms with E-state index in [2.05, 4.69) is 5.32 Å². The van der Waals surface area contributed by atoms with E-state index in [4.69, 9.17) is 4.74 Å². The minimum absolute atomic E-state index is 0.117. The van der Waals surface area contributed by atoms with Gasteiger partial charge in [-0.05, 0) is 25.0 Å². The Kier molecular flexibility index (Phi) is 5.38. The second-order valence-corrected chi connectivity index (χ2v) is 5.44. The first kappa shape index (κ1) is 16.3. The van der Waals surface area contributed by atoms with Crippen LogP contribution in [-0.4, -0.2) is 54.2 Å². The van der Waals surface area contributed by atoms with E-state index in [1.165, 1.54) is 14.0 Å². The zero-order valence-electron chi connectivity index (χ0n) is 12.9. The number of benzene rings is 1. The zero-order valence-corrected chi connectivity index (χ0v) is 12.9. The molecule has 1 aliphatic rings. The molecular formula is C16H22N2O4. The maximum absolute atomic E-state index is 12.6. The van der Waals surface area contributed by atoms with Crippen molar-refractivity contribution < 1.29 is 19.4 Å². The number of aliphatic hydroxyl groups is 1. The predicted molar refractivity (Wildman–Crippen MR) is 81.7 cm³/mol. The molecule has 1 saturated heterocycles. The van der Waals surface area contributed by atoms with Crippen molar-refractivity contribution in [3.05, 3.63) is 29.8 Å². The van der Waals surface area contributed by atoms with Gasteiger partial charge in [-0.3, -0.25) is 9.59 Å². The lowest BCUT2D eigenvalue weighted by Gasteiger charge is -2.21. The maximum Gasteiger partial charge on any atom is 0.257 e. The smallest absolute Gasteiger partial charge is 0.257 e. The van der Waals surface area contributed by atoms with Crippen LogP contribution in [0.1, 0.15) is 30.1 Å². The summed E-state index contributed by atoms with van der Waals surface area (Å²) in [5.74, 6) is 0.248. The number of methoxy groups -OCH3 is 1. The minimum atomic E-state index is -0.639. The van der Waals surface area contributed by atoms with Gasteiger partial charge in [0.25, 0.3) is 5.91 Å². The first-order valence-electron chi connectivity index (χ1n) is 7.40. The Morgan fingerprint density at radius 3 is 2.64 bits per heavy atom. The van der Waals surface area contributed by atoms with Gasteiger partial charge in [0, 0.05) is 20.0 Å². The van der Waals surface area contributed by atoms with Crippen LogP contribution in [0, 0.1) is 0 Å². The van der Waals surface area contributed by atoms with Gasteiger partial charge in [0.1, 0.15) is 5.75 Å². The van der Waals surface area contributed by atoms with Crippen LogP contribution in [0.5, 0.6) is 5.75 Å². The molecule has 2 rings (SSSR count). The maximum atomic E-state index is 12.6. The quantitative estimate of drug-likeness (QED) is 0.865. The largest absolute Gasteiger partial charge is 0.496 e. The summed E-state index contributed by atoms with van der Waals surface area (Å²) < 4.78 is 5.23. The van der Waals surface area contributed by atoms with Crippen LogP contribution in [0.3, 0.4) is 0 Å². The molecule has 1 aliphatic heterocycles. The first-order valence-corrected chi connectivity index (χ1v) is 7.40. The lowest BCUT2D eigenvalue weighted by molar-refractivity contribution is -0.120. The monoisotopic (exact) mass is 306 g/mol. The summed E-state index contributed by atoms with van der Waals surface area (Å²) in [6.07, 6.45) is 0.326. The third-order valence-corrected chi connectivity index (χ3v) is 3.88. The van der Waals surface area contributed by atoms with E-state index in [1.807, 2.05) is 6.07 Å². The molecule has 0 spiro atoms. The second kappa shape index (κ2) is 7.26. The van der Waals surface area contributed by atoms with E-state index in [9.17, 15) is 14.7 Å². The topological polar surface area (TPSA) is 78.9 Å². The highest BCUT2D eigenvalue weighted by Gasteiger charge is 2.28. The summed E-state index contributed by atoms with van der Waals surface area (Å²) in [7, 11) is 1.53. The van der Waals surface area contributed by atoms with Gasteiger partial charge in [0.2, 0.25) is 5.91 Å². The van der Waals surface area contributed by atoms with Crippen LogP contribution in [0.15, 0.2) is 24.3 Å². The molecule has 0 saturated carbocycles. The van der Waals surface area contributed by atoms with Gasteiger partial charge in [0.05, 0.1) is 24.8 Å². The van der Waals surface area contributed by atoms with Crippen molar-refractivity contribution in [1.29, 1.82) is 0 Å². The van der Waals surface area contributed by atoms with E-state index in [1.54, 1.807) is 23.1 Å². The Balaban J connectivity index is 2.10. The van der Waals surface area contributed by atoms with Crippen molar-refractivity contribution in [3.8, 4) is 5.75 Å². The number of nitrogens with zero attached hydrogens (tertiary/aromatic N) is 1. The molecule has 0 aromatic heterocycles. The van der Waals surface area contributed by atoms with Gasteiger partial charge in [-0.2, -0.15) is 0 Å². The molecule has 0 unspecified atom stereocenters. The van der Waals surface area contributed by atoms with Crippen LogP contribution in [0.2, 0.25) is 0 Å². The Hall–Kier alpha value is -2.08. The molecule has 0 aliphatic carbocycles. The molecule has 0 bridgehead atoms. The van der Waals surface area contributed by atoms with Crippen molar-refractivity contribution in [2.24, 2.45) is 0 Å². The Labute approximate surface area is 130 Å². The number of likely N-dealkylation sites (tertiary alicyclic amines) is 1. The average Bonchev–Trinajstić information content (AvgIpc) is 2.69. The van der Waals surface area contributed by atoms with Crippen molar-refractivity contribution in [1.82, 2.24) is 10.2 Å². The number of hydrogen-bond acceptors (Lipinski definition) is 4. The molecule has 2 amide bonds. The number of aliphatic hydroxyl groups excluding tert-OH is 1. The number of rotatable bonds is 3. The molecule has 22 heavy (non-hydrogen) atoms. The Morgan fingerprint density at radius 2 is 1.95 bits per heavy atom. The number of carbonyl (C=O) groups excluding carboxylic acids is 2. The van der Waals surface area contributed by atoms with E-state index in [0.29, 0.717) is 37.2 Å². The lowest BCUT2D eigenvalue weighted by atomic mass is 10.1. The van der Waals surface area contributed by atoms with E-state index >= 15 is 0 Å². The van der Waals surface area contributed by atoms with Crippen LogP contribution < -0.4 is 10.1 Å². The molecule has 120 valence electrons. The van der Waals surface area contributed by atoms with E-state index < -0.39 is 6.10 Å². The molecule has 0 radical (unpaired) electrons. The highest BCUT2D eigenvalue weighted by atomic mass is 16.5. The SMILES string of the molecule is COc1ccccc1C(=O)N1CC[C@H](NC(C)=O)[C@@H](O)CC1. The van der Waals surface area contributed by atoms with Gasteiger partial charge in [-0.25, -0.2) is 0 Å². The fourth-order valence-electron chi connectivity index (χ4n) is 2.71. The van der Waals surface area contributed by atoms with Crippen LogP contribution in [0.4, 0.5) is 0 Å². The van der Waals surface area contributed by atoms with Gasteiger partial charge < -0.3 is 20.1 Å². The summed E-state index contributed by atoms with van der Waals surface area (Å²) in [6, 6.07) is 6.78. The van der Waals surface area contributed by atoms with Crippen molar-refractivity contribution in [3.63, 3.8) is 0 Å². The van der Waals surface area contributed by atoms with E-state index in [-0.39, 0.29) is 17.9 Å². The second-order valence-electron chi connectivity index (χ2n) is 5.44. The first-order chi connectivity index (χ1) is 10.5. The number of hydrogen-bond donors (Lipinski definition) is 2. The van der Waals surface area contributed by atoms with Gasteiger partial charge in [-0.15, -0.1) is 0 Å². The highest BCUT2D eigenvalue weighted by Crippen LogP contribution is 2.21. The third kappa shape index (κ3) is 3.76. The van der Waals surface area contributed by atoms with Crippen molar-refractivity contribution >= 4 is 11.8 Å². The standard InChI is InChI=1S/C16H22N2O4/c1-11(19)17-13-7-9-18(10-8-14(13)20)16(21)12-5-3-4-6-15(12)22-2/h3-6,13-14,20H,7-10H2,1-2H3,(H,17,19)/t13-,14-/m0/s1. The van der Waals surface area contributed by atoms with Crippen LogP contribution >= 0.6 is 0 Å². The molecule has 1 aromatic rings. The molecule has 1 heterocycles. The van der Waals surface area contributed by atoms with Crippen molar-refractivity contribution in [2.45, 2.75) is 31.9 Å².